The molecule has 9 nitrogen and oxygen atoms in total. The molecular weight excluding hydrogens is 837 g/mol. The lowest BCUT2D eigenvalue weighted by Crippen LogP contribution is -2.41. The average molecular weight is 946 g/mol. The number of carboxylic acids is 1. The van der Waals surface area contributed by atoms with Gasteiger partial charge in [0.25, 0.3) is 0 Å². The van der Waals surface area contributed by atoms with Gasteiger partial charge in [-0.25, -0.2) is 0 Å². The van der Waals surface area contributed by atoms with Crippen molar-refractivity contribution >= 4 is 23.8 Å². The quantitative estimate of drug-likeness (QED) is 0.0312. The number of amides is 1. The average Bonchev–Trinajstić information content (AvgIpc) is 3.32. The van der Waals surface area contributed by atoms with E-state index in [2.05, 4.69) is 55.7 Å². The summed E-state index contributed by atoms with van der Waals surface area (Å²) in [5.74, 6) is -1.79. The maximum absolute atomic E-state index is 12.9. The zero-order valence-electron chi connectivity index (χ0n) is 44.2. The third kappa shape index (κ3) is 49.5. The Hall–Kier alpha value is -2.68. The third-order valence-electron chi connectivity index (χ3n) is 13.0. The minimum Gasteiger partial charge on any atom is -0.481 e. The zero-order chi connectivity index (χ0) is 48.9. The van der Waals surface area contributed by atoms with Crippen molar-refractivity contribution in [2.75, 3.05) is 26.2 Å². The maximum atomic E-state index is 12.9. The fourth-order valence-electron chi connectivity index (χ4n) is 8.54. The number of rotatable bonds is 53. The first-order valence-electron chi connectivity index (χ1n) is 28.7. The third-order valence-corrected chi connectivity index (χ3v) is 13.0. The molecule has 0 aliphatic rings. The van der Waals surface area contributed by atoms with Gasteiger partial charge in [-0.2, -0.15) is 0 Å². The van der Waals surface area contributed by atoms with Crippen LogP contribution in [-0.2, 0) is 28.7 Å². The van der Waals surface area contributed by atoms with Crippen LogP contribution in [0.15, 0.2) is 24.3 Å². The van der Waals surface area contributed by atoms with Gasteiger partial charge < -0.3 is 25.2 Å². The summed E-state index contributed by atoms with van der Waals surface area (Å²) in [5.41, 5.74) is 0. The fraction of sp³-hybridized carbons (Fsp3) is 0.862. The summed E-state index contributed by atoms with van der Waals surface area (Å²) < 4.78 is 11.3. The van der Waals surface area contributed by atoms with E-state index in [0.29, 0.717) is 25.8 Å². The molecule has 3 N–H and O–H groups in total. The van der Waals surface area contributed by atoms with Crippen LogP contribution in [0.25, 0.3) is 0 Å². The van der Waals surface area contributed by atoms with Crippen molar-refractivity contribution in [2.24, 2.45) is 5.92 Å². The monoisotopic (exact) mass is 945 g/mol. The number of ether oxygens (including phenoxy) is 2. The van der Waals surface area contributed by atoms with Gasteiger partial charge in [0.15, 0.2) is 6.10 Å². The first-order valence-corrected chi connectivity index (χ1v) is 28.7. The number of unbranched alkanes of at least 4 members (excludes halogenated alkanes) is 31. The smallest absolute Gasteiger partial charge is 0.306 e. The van der Waals surface area contributed by atoms with E-state index in [9.17, 15) is 24.3 Å². The van der Waals surface area contributed by atoms with Crippen LogP contribution in [-0.4, -0.2) is 61.3 Å². The molecule has 0 aromatic carbocycles. The molecule has 0 saturated heterocycles. The van der Waals surface area contributed by atoms with Gasteiger partial charge in [-0.15, -0.1) is 0 Å². The van der Waals surface area contributed by atoms with Crippen molar-refractivity contribution in [3.05, 3.63) is 24.3 Å². The van der Waals surface area contributed by atoms with Gasteiger partial charge in [-0.05, 0) is 90.0 Å². The lowest BCUT2D eigenvalue weighted by molar-refractivity contribution is -0.159. The highest BCUT2D eigenvalue weighted by molar-refractivity contribution is 5.78. The van der Waals surface area contributed by atoms with E-state index in [-0.39, 0.29) is 43.5 Å². The van der Waals surface area contributed by atoms with Crippen molar-refractivity contribution in [3.8, 4) is 0 Å². The molecule has 0 fully saturated rings. The molecule has 1 amide bonds. The van der Waals surface area contributed by atoms with Crippen molar-refractivity contribution in [1.82, 2.24) is 10.6 Å². The second-order valence-corrected chi connectivity index (χ2v) is 19.6. The minimum atomic E-state index is -0.745. The molecule has 392 valence electrons. The number of hydrogen-bond acceptors (Lipinski definition) is 7. The second-order valence-electron chi connectivity index (χ2n) is 19.6. The number of esters is 2. The van der Waals surface area contributed by atoms with Gasteiger partial charge in [0.2, 0.25) is 5.91 Å². The van der Waals surface area contributed by atoms with E-state index in [1.807, 2.05) is 0 Å². The van der Waals surface area contributed by atoms with Crippen LogP contribution in [0.4, 0.5) is 0 Å². The predicted molar refractivity (Wildman–Crippen MR) is 282 cm³/mol. The summed E-state index contributed by atoms with van der Waals surface area (Å²) >= 11 is 0. The molecule has 0 rings (SSSR count). The minimum absolute atomic E-state index is 0.0773. The topological polar surface area (TPSA) is 131 Å². The molecule has 0 heterocycles. The highest BCUT2D eigenvalue weighted by Crippen LogP contribution is 2.19. The van der Waals surface area contributed by atoms with E-state index < -0.39 is 12.1 Å². The zero-order valence-corrected chi connectivity index (χ0v) is 44.2. The number of aliphatic carboxylic acids is 1. The van der Waals surface area contributed by atoms with Crippen molar-refractivity contribution in [1.29, 1.82) is 0 Å². The molecule has 67 heavy (non-hydrogen) atoms. The number of carboxylic acid groups (broad SMARTS) is 1. The molecule has 0 aliphatic carbocycles. The number of carbonyl (C=O) groups excluding carboxylic acids is 3. The Morgan fingerprint density at radius 3 is 1.27 bits per heavy atom. The largest absolute Gasteiger partial charge is 0.481 e. The molecule has 0 aromatic rings. The van der Waals surface area contributed by atoms with Crippen molar-refractivity contribution in [2.45, 2.75) is 290 Å². The molecule has 2 unspecified atom stereocenters. The summed E-state index contributed by atoms with van der Waals surface area (Å²) in [7, 11) is 0. The molecule has 9 heteroatoms. The summed E-state index contributed by atoms with van der Waals surface area (Å²) in [6.45, 7) is 7.53. The Bertz CT molecular complexity index is 1170. The Morgan fingerprint density at radius 1 is 0.463 bits per heavy atom. The lowest BCUT2D eigenvalue weighted by Gasteiger charge is -2.19. The van der Waals surface area contributed by atoms with Gasteiger partial charge in [0, 0.05) is 12.8 Å². The van der Waals surface area contributed by atoms with Gasteiger partial charge in [0.05, 0.1) is 19.0 Å². The van der Waals surface area contributed by atoms with Crippen molar-refractivity contribution in [3.63, 3.8) is 0 Å². The fourth-order valence-corrected chi connectivity index (χ4v) is 8.54. The van der Waals surface area contributed by atoms with Crippen LogP contribution in [0.2, 0.25) is 0 Å². The molecule has 2 atom stereocenters. The summed E-state index contributed by atoms with van der Waals surface area (Å²) in [6, 6.07) is 0. The van der Waals surface area contributed by atoms with Crippen LogP contribution < -0.4 is 10.6 Å². The normalized spacial score (nSPS) is 12.5. The van der Waals surface area contributed by atoms with Crippen molar-refractivity contribution < 1.29 is 33.8 Å². The summed E-state index contributed by atoms with van der Waals surface area (Å²) in [4.78, 5) is 50.1. The number of allylic oxidation sites excluding steroid dienone is 4. The maximum Gasteiger partial charge on any atom is 0.306 e. The first kappa shape index (κ1) is 64.3. The van der Waals surface area contributed by atoms with Gasteiger partial charge >= 0.3 is 17.9 Å². The van der Waals surface area contributed by atoms with E-state index >= 15 is 0 Å². The molecular formula is C58H108N2O7. The van der Waals surface area contributed by atoms with E-state index in [1.54, 1.807) is 0 Å². The Kier molecular flexibility index (Phi) is 50.6. The van der Waals surface area contributed by atoms with Crippen LogP contribution in [0.5, 0.6) is 0 Å². The standard InChI is InChI=1S/C58H108N2O7/c1-4-7-10-13-16-19-21-23-25-27-29-31-34-37-42-47-56(62)66-52-54(67-57(63)48-43-38-35-32-30-28-26-24-22-20-17-14-11-8-5-2)50-60-55(61)51-59-49-44-39-41-46-53(58(64)65)45-40-36-33-18-15-12-9-6-3/h23-26,53-54,59H,4-22,27-52H2,1-3H3,(H,60,61)(H,64,65)/b25-23-,26-24-. The summed E-state index contributed by atoms with van der Waals surface area (Å²) in [6.07, 6.45) is 54.0. The lowest BCUT2D eigenvalue weighted by atomic mass is 9.94. The van der Waals surface area contributed by atoms with Crippen LogP contribution in [0.3, 0.4) is 0 Å². The first-order chi connectivity index (χ1) is 32.8. The SMILES string of the molecule is CCCCCCCC/C=C\CCCCCCCC(=O)OCC(CNC(=O)CNCCCCCC(CCCCCCCCCC)C(=O)O)OC(=O)CCCCCCC/C=C\CCCCCCCC. The molecule has 0 aliphatic heterocycles. The van der Waals surface area contributed by atoms with Crippen LogP contribution in [0, 0.1) is 5.92 Å². The van der Waals surface area contributed by atoms with E-state index in [0.717, 1.165) is 103 Å². The number of nitrogens with one attached hydrogen (secondary N) is 2. The molecule has 0 aromatic heterocycles. The van der Waals surface area contributed by atoms with Gasteiger partial charge in [0.1, 0.15) is 6.61 Å². The predicted octanol–water partition coefficient (Wildman–Crippen LogP) is 16.0. The molecule has 0 saturated carbocycles. The molecule has 0 spiro atoms. The Labute approximate surface area is 413 Å². The van der Waals surface area contributed by atoms with Gasteiger partial charge in [-0.3, -0.25) is 19.2 Å². The Morgan fingerprint density at radius 2 is 0.836 bits per heavy atom. The molecule has 0 bridgehead atoms. The molecule has 0 radical (unpaired) electrons. The Balaban J connectivity index is 4.52. The van der Waals surface area contributed by atoms with Gasteiger partial charge in [-0.1, -0.05) is 212 Å². The van der Waals surface area contributed by atoms with E-state index in [4.69, 9.17) is 9.47 Å². The summed E-state index contributed by atoms with van der Waals surface area (Å²) in [5, 5.41) is 15.7. The highest BCUT2D eigenvalue weighted by Gasteiger charge is 2.19. The number of carbonyl (C=O) groups is 4. The number of hydrogen-bond donors (Lipinski definition) is 3. The van der Waals surface area contributed by atoms with Crippen LogP contribution >= 0.6 is 0 Å². The van der Waals surface area contributed by atoms with E-state index in [1.165, 1.54) is 141 Å². The highest BCUT2D eigenvalue weighted by atomic mass is 16.6. The second kappa shape index (κ2) is 52.7. The van der Waals surface area contributed by atoms with Crippen LogP contribution in [0.1, 0.15) is 284 Å².